The van der Waals surface area contributed by atoms with Crippen molar-refractivity contribution < 1.29 is 22.8 Å². The lowest BCUT2D eigenvalue weighted by molar-refractivity contribution is -0.140. The maximum absolute atomic E-state index is 11.2. The van der Waals surface area contributed by atoms with Gasteiger partial charge in [0.25, 0.3) is 0 Å². The minimum absolute atomic E-state index is 0.224. The van der Waals surface area contributed by atoms with Crippen LogP contribution in [0.1, 0.15) is 6.92 Å². The second-order valence-electron chi connectivity index (χ2n) is 3.03. The van der Waals surface area contributed by atoms with Gasteiger partial charge in [0.15, 0.2) is 0 Å². The monoisotopic (exact) mass is 249 g/mol. The van der Waals surface area contributed by atoms with Crippen LogP contribution >= 0.6 is 0 Å². The highest BCUT2D eigenvalue weighted by atomic mass is 32.2. The smallest absolute Gasteiger partial charge is 0.269 e. The molecule has 0 radical (unpaired) electrons. The largest absolute Gasteiger partial charge is 0.331 e. The highest BCUT2D eigenvalue weighted by Gasteiger charge is 2.37. The lowest BCUT2D eigenvalue weighted by Gasteiger charge is -2.11. The highest BCUT2D eigenvalue weighted by Crippen LogP contribution is 2.00. The van der Waals surface area contributed by atoms with Crippen molar-refractivity contribution in [3.8, 4) is 0 Å². The van der Waals surface area contributed by atoms with Gasteiger partial charge in [0.2, 0.25) is 10.0 Å². The van der Waals surface area contributed by atoms with Crippen molar-refractivity contribution in [1.82, 2.24) is 14.9 Å². The summed E-state index contributed by atoms with van der Waals surface area (Å²) in [6.07, 6.45) is 0. The van der Waals surface area contributed by atoms with Crippen LogP contribution in [-0.4, -0.2) is 50.0 Å². The molecule has 0 aromatic heterocycles. The van der Waals surface area contributed by atoms with Gasteiger partial charge in [-0.05, 0) is 0 Å². The molecule has 9 heteroatoms. The summed E-state index contributed by atoms with van der Waals surface area (Å²) in [5.74, 6) is -2.49. The van der Waals surface area contributed by atoms with Crippen LogP contribution in [0, 0.1) is 0 Å². The van der Waals surface area contributed by atoms with E-state index in [1.807, 2.05) is 0 Å². The maximum atomic E-state index is 11.2. The Labute approximate surface area is 92.0 Å². The zero-order valence-corrected chi connectivity index (χ0v) is 9.33. The zero-order valence-electron chi connectivity index (χ0n) is 8.52. The van der Waals surface area contributed by atoms with Crippen molar-refractivity contribution >= 4 is 27.9 Å². The van der Waals surface area contributed by atoms with Crippen LogP contribution in [0.2, 0.25) is 0 Å². The molecule has 1 heterocycles. The Kier molecular flexibility index (Phi) is 3.60. The third-order valence-electron chi connectivity index (χ3n) is 1.85. The van der Waals surface area contributed by atoms with Crippen LogP contribution < -0.4 is 10.0 Å². The molecule has 1 aliphatic heterocycles. The topological polar surface area (TPSA) is 113 Å². The number of carbonyl (C=O) groups is 3. The molecular formula is C7H11N3O5S. The number of hydrogen-bond acceptors (Lipinski definition) is 5. The van der Waals surface area contributed by atoms with Crippen molar-refractivity contribution in [2.45, 2.75) is 6.92 Å². The number of nitrogens with one attached hydrogen (secondary N) is 2. The molecule has 0 spiro atoms. The van der Waals surface area contributed by atoms with E-state index >= 15 is 0 Å². The third kappa shape index (κ3) is 2.76. The van der Waals surface area contributed by atoms with Crippen LogP contribution in [0.15, 0.2) is 0 Å². The van der Waals surface area contributed by atoms with Crippen LogP contribution in [0.3, 0.4) is 0 Å². The van der Waals surface area contributed by atoms with Crippen molar-refractivity contribution in [2.75, 3.05) is 18.8 Å². The second kappa shape index (κ2) is 4.58. The molecule has 0 aromatic carbocycles. The van der Waals surface area contributed by atoms with Crippen molar-refractivity contribution in [3.63, 3.8) is 0 Å². The molecule has 8 nitrogen and oxygen atoms in total. The quantitative estimate of drug-likeness (QED) is 0.432. The molecule has 0 aromatic rings. The molecule has 16 heavy (non-hydrogen) atoms. The molecule has 2 N–H and O–H groups in total. The summed E-state index contributed by atoms with van der Waals surface area (Å²) in [7, 11) is -3.52. The summed E-state index contributed by atoms with van der Waals surface area (Å²) >= 11 is 0. The van der Waals surface area contributed by atoms with Crippen molar-refractivity contribution in [1.29, 1.82) is 0 Å². The Morgan fingerprint density at radius 2 is 1.94 bits per heavy atom. The van der Waals surface area contributed by atoms with E-state index in [1.54, 1.807) is 12.2 Å². The molecule has 1 fully saturated rings. The fourth-order valence-electron chi connectivity index (χ4n) is 1.14. The van der Waals surface area contributed by atoms with E-state index in [2.05, 4.69) is 4.72 Å². The van der Waals surface area contributed by atoms with Crippen LogP contribution in [-0.2, 0) is 19.6 Å². The molecule has 0 unspecified atom stereocenters. The van der Waals surface area contributed by atoms with Gasteiger partial charge >= 0.3 is 17.8 Å². The van der Waals surface area contributed by atoms with Gasteiger partial charge in [-0.25, -0.2) is 17.9 Å². The minimum Gasteiger partial charge on any atom is -0.269 e. The predicted molar refractivity (Wildman–Crippen MR) is 52.7 cm³/mol. The van der Waals surface area contributed by atoms with Gasteiger partial charge in [-0.1, -0.05) is 6.92 Å². The summed E-state index contributed by atoms with van der Waals surface area (Å²) in [6.45, 7) is 1.49. The molecular weight excluding hydrogens is 238 g/mol. The number of imide groups is 2. The molecule has 0 saturated carbocycles. The third-order valence-corrected chi connectivity index (χ3v) is 3.30. The first-order valence-electron chi connectivity index (χ1n) is 4.51. The van der Waals surface area contributed by atoms with Crippen molar-refractivity contribution in [3.05, 3.63) is 0 Å². The van der Waals surface area contributed by atoms with E-state index < -0.39 is 33.6 Å². The van der Waals surface area contributed by atoms with E-state index in [0.717, 1.165) is 0 Å². The van der Waals surface area contributed by atoms with E-state index in [0.29, 0.717) is 4.90 Å². The van der Waals surface area contributed by atoms with Gasteiger partial charge in [-0.15, -0.1) is 0 Å². The summed E-state index contributed by atoms with van der Waals surface area (Å²) in [4.78, 5) is 33.4. The van der Waals surface area contributed by atoms with Crippen molar-refractivity contribution in [2.24, 2.45) is 0 Å². The van der Waals surface area contributed by atoms with Crippen LogP contribution in [0.4, 0.5) is 4.79 Å². The summed E-state index contributed by atoms with van der Waals surface area (Å²) < 4.78 is 24.6. The summed E-state index contributed by atoms with van der Waals surface area (Å²) in [5, 5.41) is 1.77. The van der Waals surface area contributed by atoms with E-state index in [9.17, 15) is 22.8 Å². The highest BCUT2D eigenvalue weighted by molar-refractivity contribution is 7.89. The maximum Gasteiger partial charge on any atom is 0.331 e. The van der Waals surface area contributed by atoms with E-state index in [-0.39, 0.29) is 13.1 Å². The number of hydrogen-bond donors (Lipinski definition) is 2. The first-order chi connectivity index (χ1) is 7.37. The normalized spacial score (nSPS) is 16.8. The molecule has 1 rings (SSSR count). The average Bonchev–Trinajstić information content (AvgIpc) is 2.39. The first-order valence-corrected chi connectivity index (χ1v) is 6.16. The van der Waals surface area contributed by atoms with Gasteiger partial charge < -0.3 is 0 Å². The number of nitrogens with zero attached hydrogens (tertiary/aromatic N) is 1. The lowest BCUT2D eigenvalue weighted by atomic mass is 10.5. The fraction of sp³-hybridized carbons (Fsp3) is 0.571. The van der Waals surface area contributed by atoms with Gasteiger partial charge in [-0.3, -0.25) is 19.8 Å². The number of urea groups is 1. The number of sulfonamides is 1. The molecule has 0 aliphatic carbocycles. The summed E-state index contributed by atoms with van der Waals surface area (Å²) in [5.41, 5.74) is 0. The Morgan fingerprint density at radius 1 is 1.31 bits per heavy atom. The Hall–Kier alpha value is -1.48. The van der Waals surface area contributed by atoms with Crippen LogP contribution in [0.25, 0.3) is 0 Å². The predicted octanol–water partition coefficient (Wildman–Crippen LogP) is -2.00. The Balaban J connectivity index is 2.60. The number of carbonyl (C=O) groups excluding carboxylic acids is 3. The molecule has 1 saturated heterocycles. The van der Waals surface area contributed by atoms with Gasteiger partial charge in [-0.2, -0.15) is 0 Å². The average molecular weight is 249 g/mol. The summed E-state index contributed by atoms with van der Waals surface area (Å²) in [6, 6.07) is -0.887. The first kappa shape index (κ1) is 12.6. The Morgan fingerprint density at radius 3 is 2.38 bits per heavy atom. The Bertz CT molecular complexity index is 429. The zero-order chi connectivity index (χ0) is 12.3. The standard InChI is InChI=1S/C7H11N3O5S/c1-2-8-16(14,15)4-3-10-6(12)5(11)9-7(10)13/h8H,2-4H2,1H3,(H,9,11,13). The second-order valence-corrected chi connectivity index (χ2v) is 4.96. The van der Waals surface area contributed by atoms with Gasteiger partial charge in [0.05, 0.1) is 5.75 Å². The minimum atomic E-state index is -3.52. The molecule has 1 aliphatic rings. The fourth-order valence-corrected chi connectivity index (χ4v) is 2.15. The van der Waals surface area contributed by atoms with Gasteiger partial charge in [0, 0.05) is 13.1 Å². The lowest BCUT2D eigenvalue weighted by Crippen LogP contribution is -2.38. The van der Waals surface area contributed by atoms with Crippen LogP contribution in [0.5, 0.6) is 0 Å². The van der Waals surface area contributed by atoms with E-state index in [1.165, 1.54) is 0 Å². The number of amides is 4. The molecule has 0 bridgehead atoms. The van der Waals surface area contributed by atoms with E-state index in [4.69, 9.17) is 0 Å². The molecule has 90 valence electrons. The van der Waals surface area contributed by atoms with Gasteiger partial charge in [0.1, 0.15) is 0 Å². The molecule has 4 amide bonds. The molecule has 0 atom stereocenters. The number of rotatable bonds is 5. The SMILES string of the molecule is CCNS(=O)(=O)CCN1C(=O)NC(=O)C1=O.